The highest BCUT2D eigenvalue weighted by Crippen LogP contribution is 2.32. The highest BCUT2D eigenvalue weighted by Gasteiger charge is 2.27. The second-order valence-electron chi connectivity index (χ2n) is 8.67. The van der Waals surface area contributed by atoms with Crippen molar-refractivity contribution in [2.75, 3.05) is 0 Å². The third-order valence-corrected chi connectivity index (χ3v) is 4.70. The van der Waals surface area contributed by atoms with Gasteiger partial charge in [-0.05, 0) is 58.6 Å². The maximum Gasteiger partial charge on any atom is 0.408 e. The van der Waals surface area contributed by atoms with E-state index in [1.165, 1.54) is 6.07 Å². The van der Waals surface area contributed by atoms with Crippen LogP contribution in [0, 0.1) is 19.8 Å². The number of alkyl carbamates (subject to hydrolysis) is 1. The van der Waals surface area contributed by atoms with E-state index in [4.69, 9.17) is 25.5 Å². The molecule has 7 nitrogen and oxygen atoms in total. The van der Waals surface area contributed by atoms with Crippen LogP contribution >= 0.6 is 11.6 Å². The van der Waals surface area contributed by atoms with Gasteiger partial charge in [-0.3, -0.25) is 0 Å². The minimum absolute atomic E-state index is 0.0420. The molecule has 1 atom stereocenters. The second kappa shape index (κ2) is 9.08. The van der Waals surface area contributed by atoms with E-state index in [9.17, 15) is 14.4 Å². The van der Waals surface area contributed by atoms with Crippen LogP contribution < -0.4 is 15.7 Å². The fourth-order valence-corrected chi connectivity index (χ4v) is 3.04. The molecule has 1 N–H and O–H groups in total. The van der Waals surface area contributed by atoms with Gasteiger partial charge >= 0.3 is 17.7 Å². The normalized spacial score (nSPS) is 12.7. The van der Waals surface area contributed by atoms with Gasteiger partial charge in [-0.25, -0.2) is 14.4 Å². The van der Waals surface area contributed by atoms with Crippen LogP contribution in [0.5, 0.6) is 5.75 Å². The summed E-state index contributed by atoms with van der Waals surface area (Å²) >= 11 is 6.31. The number of carbonyl (C=O) groups excluding carboxylic acids is 2. The number of carbonyl (C=O) groups is 2. The number of halogens is 1. The number of nitrogens with one attached hydrogen (secondary N) is 1. The molecule has 0 spiro atoms. The predicted octanol–water partition coefficient (Wildman–Crippen LogP) is 4.91. The molecule has 30 heavy (non-hydrogen) atoms. The van der Waals surface area contributed by atoms with Crippen LogP contribution in [0.4, 0.5) is 4.79 Å². The van der Waals surface area contributed by atoms with Gasteiger partial charge in [0.25, 0.3) is 0 Å². The molecule has 0 saturated heterocycles. The van der Waals surface area contributed by atoms with E-state index in [0.29, 0.717) is 17.4 Å². The minimum Gasteiger partial charge on any atom is -0.444 e. The van der Waals surface area contributed by atoms with E-state index in [1.807, 2.05) is 13.8 Å². The smallest absolute Gasteiger partial charge is 0.408 e. The van der Waals surface area contributed by atoms with Crippen LogP contribution in [-0.4, -0.2) is 23.7 Å². The number of fused-ring (bicyclic) bond motifs is 1. The second-order valence-corrected chi connectivity index (χ2v) is 9.07. The molecule has 1 aromatic carbocycles. The maximum atomic E-state index is 12.8. The molecule has 1 heterocycles. The third-order valence-electron chi connectivity index (χ3n) is 4.40. The molecule has 0 fully saturated rings. The zero-order chi connectivity index (χ0) is 22.8. The summed E-state index contributed by atoms with van der Waals surface area (Å²) in [5.74, 6) is -0.546. The lowest BCUT2D eigenvalue weighted by Crippen LogP contribution is -2.45. The molecule has 1 aromatic heterocycles. The van der Waals surface area contributed by atoms with Crippen LogP contribution in [0.15, 0.2) is 21.3 Å². The van der Waals surface area contributed by atoms with Gasteiger partial charge in [0.05, 0.1) is 5.02 Å². The Kier molecular flexibility index (Phi) is 7.18. The number of ether oxygens (including phenoxy) is 2. The minimum atomic E-state index is -0.932. The van der Waals surface area contributed by atoms with Crippen molar-refractivity contribution in [2.24, 2.45) is 5.92 Å². The largest absolute Gasteiger partial charge is 0.444 e. The SMILES string of the molecule is Cc1c(C)c2cc(Cl)c(OC(=O)C(CC(C)C)NC(=O)OC(C)(C)C)cc2oc1=O. The molecule has 0 aliphatic heterocycles. The van der Waals surface area contributed by atoms with E-state index in [2.05, 4.69) is 5.32 Å². The molecule has 0 radical (unpaired) electrons. The molecule has 8 heteroatoms. The summed E-state index contributed by atoms with van der Waals surface area (Å²) in [7, 11) is 0. The Balaban J connectivity index is 2.31. The highest BCUT2D eigenvalue weighted by molar-refractivity contribution is 6.33. The van der Waals surface area contributed by atoms with Gasteiger partial charge in [0, 0.05) is 17.0 Å². The summed E-state index contributed by atoms with van der Waals surface area (Å²) in [5, 5.41) is 3.40. The van der Waals surface area contributed by atoms with Crippen molar-refractivity contribution in [3.8, 4) is 5.75 Å². The highest BCUT2D eigenvalue weighted by atomic mass is 35.5. The molecule has 0 aliphatic rings. The first-order chi connectivity index (χ1) is 13.8. The molecule has 2 rings (SSSR count). The van der Waals surface area contributed by atoms with Gasteiger partial charge in [-0.15, -0.1) is 0 Å². The Hall–Kier alpha value is -2.54. The summed E-state index contributed by atoms with van der Waals surface area (Å²) in [4.78, 5) is 36.9. The molecule has 2 aromatic rings. The van der Waals surface area contributed by atoms with Crippen molar-refractivity contribution >= 4 is 34.6 Å². The predicted molar refractivity (Wildman–Crippen MR) is 115 cm³/mol. The fraction of sp³-hybridized carbons (Fsp3) is 0.500. The van der Waals surface area contributed by atoms with Crippen molar-refractivity contribution in [3.63, 3.8) is 0 Å². The van der Waals surface area contributed by atoms with Crippen LogP contribution in [0.3, 0.4) is 0 Å². The summed E-state index contributed by atoms with van der Waals surface area (Å²) in [5.41, 5.74) is 0.317. The lowest BCUT2D eigenvalue weighted by atomic mass is 10.0. The lowest BCUT2D eigenvalue weighted by Gasteiger charge is -2.23. The average molecular weight is 438 g/mol. The number of esters is 1. The van der Waals surface area contributed by atoms with Crippen LogP contribution in [0.25, 0.3) is 11.0 Å². The van der Waals surface area contributed by atoms with E-state index in [-0.39, 0.29) is 22.3 Å². The molecule has 0 saturated carbocycles. The molecule has 1 amide bonds. The quantitative estimate of drug-likeness (QED) is 0.405. The van der Waals surface area contributed by atoms with Crippen molar-refractivity contribution < 1.29 is 23.5 Å². The van der Waals surface area contributed by atoms with E-state index in [0.717, 1.165) is 5.56 Å². The molecular formula is C22H28ClNO6. The van der Waals surface area contributed by atoms with Crippen LogP contribution in [0.1, 0.15) is 52.2 Å². The summed E-state index contributed by atoms with van der Waals surface area (Å²) in [6, 6.07) is 2.06. The van der Waals surface area contributed by atoms with Crippen LogP contribution in [-0.2, 0) is 9.53 Å². The van der Waals surface area contributed by atoms with Gasteiger partial charge in [0.1, 0.15) is 17.2 Å². The summed E-state index contributed by atoms with van der Waals surface area (Å²) in [6.07, 6.45) is -0.372. The third kappa shape index (κ3) is 5.98. The maximum absolute atomic E-state index is 12.8. The Morgan fingerprint density at radius 2 is 1.80 bits per heavy atom. The number of hydrogen-bond donors (Lipinski definition) is 1. The monoisotopic (exact) mass is 437 g/mol. The van der Waals surface area contributed by atoms with E-state index >= 15 is 0 Å². The molecule has 1 unspecified atom stereocenters. The van der Waals surface area contributed by atoms with Crippen molar-refractivity contribution in [1.29, 1.82) is 0 Å². The number of amides is 1. The van der Waals surface area contributed by atoms with E-state index < -0.39 is 29.3 Å². The average Bonchev–Trinajstić information content (AvgIpc) is 2.59. The Bertz CT molecular complexity index is 1020. The summed E-state index contributed by atoms with van der Waals surface area (Å²) in [6.45, 7) is 12.5. The van der Waals surface area contributed by atoms with Gasteiger partial charge in [-0.2, -0.15) is 0 Å². The van der Waals surface area contributed by atoms with Gasteiger partial charge in [-0.1, -0.05) is 25.4 Å². The first kappa shape index (κ1) is 23.7. The lowest BCUT2D eigenvalue weighted by molar-refractivity contribution is -0.137. The number of aryl methyl sites for hydroxylation is 1. The topological polar surface area (TPSA) is 94.8 Å². The van der Waals surface area contributed by atoms with Crippen molar-refractivity contribution in [3.05, 3.63) is 38.7 Å². The van der Waals surface area contributed by atoms with E-state index in [1.54, 1.807) is 40.7 Å². The van der Waals surface area contributed by atoms with Crippen molar-refractivity contribution in [2.45, 2.75) is 66.5 Å². The summed E-state index contributed by atoms with van der Waals surface area (Å²) < 4.78 is 16.0. The fourth-order valence-electron chi connectivity index (χ4n) is 2.84. The van der Waals surface area contributed by atoms with Crippen LogP contribution in [0.2, 0.25) is 5.02 Å². The molecule has 0 bridgehead atoms. The molecular weight excluding hydrogens is 410 g/mol. The van der Waals surface area contributed by atoms with Gasteiger partial charge in [0.15, 0.2) is 5.75 Å². The zero-order valence-electron chi connectivity index (χ0n) is 18.3. The Morgan fingerprint density at radius 1 is 1.17 bits per heavy atom. The molecule has 164 valence electrons. The van der Waals surface area contributed by atoms with Gasteiger partial charge in [0.2, 0.25) is 0 Å². The number of benzene rings is 1. The standard InChI is InChI=1S/C22H28ClNO6/c1-11(2)8-16(24-21(27)30-22(5,6)7)20(26)29-18-10-17-14(9-15(18)23)12(3)13(4)19(25)28-17/h9-11,16H,8H2,1-7H3,(H,24,27). The Morgan fingerprint density at radius 3 is 2.37 bits per heavy atom. The number of hydrogen-bond acceptors (Lipinski definition) is 6. The Labute approximate surface area is 180 Å². The zero-order valence-corrected chi connectivity index (χ0v) is 19.1. The van der Waals surface area contributed by atoms with Crippen molar-refractivity contribution in [1.82, 2.24) is 5.32 Å². The van der Waals surface area contributed by atoms with Gasteiger partial charge < -0.3 is 19.2 Å². The molecule has 0 aliphatic carbocycles. The first-order valence-corrected chi connectivity index (χ1v) is 10.1. The first-order valence-electron chi connectivity index (χ1n) is 9.73. The number of rotatable bonds is 5.